The number of carbonyl (C=O) groups excluding carboxylic acids is 2. The second kappa shape index (κ2) is 28.8. The molecule has 2 atom stereocenters. The van der Waals surface area contributed by atoms with Gasteiger partial charge in [0.05, 0.1) is 52.9 Å². The van der Waals surface area contributed by atoms with Crippen molar-refractivity contribution < 1.29 is 37.4 Å². The summed E-state index contributed by atoms with van der Waals surface area (Å²) in [6.07, 6.45) is 2.32. The van der Waals surface area contributed by atoms with Crippen LogP contribution in [0.25, 0.3) is 22.9 Å². The lowest BCUT2D eigenvalue weighted by molar-refractivity contribution is 0.0491. The van der Waals surface area contributed by atoms with Crippen LogP contribution >= 0.6 is 46.4 Å². The molecule has 76 heavy (non-hydrogen) atoms. The minimum Gasteiger partial charge on any atom is -0.421 e. The van der Waals surface area contributed by atoms with Crippen molar-refractivity contribution in [2.75, 3.05) is 106 Å². The van der Waals surface area contributed by atoms with Crippen molar-refractivity contribution in [3.05, 3.63) is 138 Å². The number of likely N-dealkylation sites (N-methyl/N-ethyl adjacent to an activating group) is 2. The number of nitrogens with zero attached hydrogens (tertiary/aromatic N) is 6. The van der Waals surface area contributed by atoms with Gasteiger partial charge < -0.3 is 58.8 Å². The third-order valence-electron chi connectivity index (χ3n) is 12.9. The summed E-state index contributed by atoms with van der Waals surface area (Å²) in [4.78, 5) is 28.8. The van der Waals surface area contributed by atoms with E-state index in [2.05, 4.69) is 89.8 Å². The molecule has 2 aliphatic heterocycles. The van der Waals surface area contributed by atoms with Crippen molar-refractivity contribution in [3.63, 3.8) is 0 Å². The summed E-state index contributed by atoms with van der Waals surface area (Å²) in [6.45, 7) is 7.82. The Hall–Kier alpha value is -5.38. The van der Waals surface area contributed by atoms with Gasteiger partial charge in [-0.15, -0.1) is 20.4 Å². The average molecular weight is 1120 g/mol. The fourth-order valence-electron chi connectivity index (χ4n) is 9.20. The number of aromatic nitrogens is 4. The summed E-state index contributed by atoms with van der Waals surface area (Å²) < 4.78 is 34.5. The van der Waals surface area contributed by atoms with Gasteiger partial charge in [0, 0.05) is 108 Å². The molecule has 0 saturated carbocycles. The van der Waals surface area contributed by atoms with Crippen LogP contribution < -0.4 is 21.3 Å². The predicted molar refractivity (Wildman–Crippen MR) is 291 cm³/mol. The van der Waals surface area contributed by atoms with Gasteiger partial charge in [0.25, 0.3) is 0 Å². The number of unbranched alkanes of at least 4 members (excludes halogenated alkanes) is 1. The normalized spacial score (nSPS) is 15.6. The Kier molecular flexibility index (Phi) is 21.6. The number of urea groups is 2. The third-order valence-corrected chi connectivity index (χ3v) is 14.0. The Bertz CT molecular complexity index is 2670. The van der Waals surface area contributed by atoms with E-state index >= 15 is 0 Å². The Balaban J connectivity index is 0.585. The molecule has 18 nitrogen and oxygen atoms in total. The van der Waals surface area contributed by atoms with Crippen molar-refractivity contribution >= 4 is 58.5 Å². The van der Waals surface area contributed by atoms with E-state index in [0.717, 1.165) is 70.7 Å². The van der Waals surface area contributed by atoms with Crippen molar-refractivity contribution in [1.82, 2.24) is 51.5 Å². The smallest absolute Gasteiger partial charge is 0.314 e. The molecular weight excluding hydrogens is 1060 g/mol. The van der Waals surface area contributed by atoms with Gasteiger partial charge in [0.15, 0.2) is 0 Å². The molecule has 6 aromatic rings. The van der Waals surface area contributed by atoms with Crippen LogP contribution in [-0.2, 0) is 44.9 Å². The lowest BCUT2D eigenvalue weighted by Gasteiger charge is -2.33. The number of nitrogens with one attached hydrogen (secondary N) is 4. The molecule has 0 aliphatic carbocycles. The standard InChI is InChI=1S/C54H64Cl4N10O8/c1-67-31-43(41-27-39(55)29-47(57)45(41)33-67)35-7-5-9-37(25-35)51-65-63-49(75-51)11-17-71-21-23-73-19-15-61-53(69)59-13-3-4-14-60-54(70)62-16-20-74-24-22-72-18-12-50-64-66-52(76-50)38-10-6-8-36(26-38)44-32-68(2)34-46-42(44)28-40(56)30-48(46)58/h5-10,25-30,43-44H,3-4,11-24,31-34H2,1-2H3,(H2,59,61,69)(H2,60,62,70)/t43-,44-/m0/s1. The molecule has 0 radical (unpaired) electrons. The Morgan fingerprint density at radius 3 is 1.38 bits per heavy atom. The summed E-state index contributed by atoms with van der Waals surface area (Å²) in [5.74, 6) is 2.04. The van der Waals surface area contributed by atoms with Crippen molar-refractivity contribution in [3.8, 4) is 22.9 Å². The molecule has 2 aliphatic rings. The second-order valence-electron chi connectivity index (χ2n) is 18.7. The highest BCUT2D eigenvalue weighted by molar-refractivity contribution is 6.35. The number of halogens is 4. The van der Waals surface area contributed by atoms with Gasteiger partial charge in [-0.25, -0.2) is 9.59 Å². The zero-order valence-corrected chi connectivity index (χ0v) is 45.7. The highest BCUT2D eigenvalue weighted by Crippen LogP contribution is 2.41. The number of hydrogen-bond acceptors (Lipinski definition) is 14. The van der Waals surface area contributed by atoms with Gasteiger partial charge in [-0.3, -0.25) is 0 Å². The van der Waals surface area contributed by atoms with E-state index < -0.39 is 0 Å². The van der Waals surface area contributed by atoms with Gasteiger partial charge in [0.2, 0.25) is 23.6 Å². The first-order valence-electron chi connectivity index (χ1n) is 25.5. The van der Waals surface area contributed by atoms with Crippen molar-refractivity contribution in [1.29, 1.82) is 0 Å². The Labute approximate surface area is 462 Å². The number of rotatable bonds is 27. The fraction of sp³-hybridized carbons (Fsp3) is 0.444. The van der Waals surface area contributed by atoms with Crippen molar-refractivity contribution in [2.24, 2.45) is 0 Å². The first-order valence-corrected chi connectivity index (χ1v) is 27.0. The molecule has 0 unspecified atom stereocenters. The molecule has 2 aromatic heterocycles. The van der Waals surface area contributed by atoms with Crippen LogP contribution in [-0.4, -0.2) is 148 Å². The summed E-state index contributed by atoms with van der Waals surface area (Å²) in [5, 5.41) is 30.8. The maximum atomic E-state index is 12.1. The van der Waals surface area contributed by atoms with Crippen LogP contribution in [0.3, 0.4) is 0 Å². The summed E-state index contributed by atoms with van der Waals surface area (Å²) >= 11 is 26.0. The monoisotopic (exact) mass is 1120 g/mol. The minimum atomic E-state index is -0.282. The molecular formula is C54H64Cl4N10O8. The van der Waals surface area contributed by atoms with Crippen LogP contribution in [0.15, 0.2) is 81.6 Å². The van der Waals surface area contributed by atoms with Gasteiger partial charge in [-0.2, -0.15) is 0 Å². The lowest BCUT2D eigenvalue weighted by Crippen LogP contribution is -2.39. The van der Waals surface area contributed by atoms with Gasteiger partial charge >= 0.3 is 12.1 Å². The fourth-order valence-corrected chi connectivity index (χ4v) is 10.3. The lowest BCUT2D eigenvalue weighted by atomic mass is 9.84. The number of benzene rings is 4. The number of carbonyl (C=O) groups is 2. The maximum Gasteiger partial charge on any atom is 0.314 e. The van der Waals surface area contributed by atoms with Crippen LogP contribution in [0.5, 0.6) is 0 Å². The van der Waals surface area contributed by atoms with E-state index in [9.17, 15) is 9.59 Å². The van der Waals surface area contributed by atoms with Crippen molar-refractivity contribution in [2.45, 2.75) is 50.6 Å². The molecule has 0 spiro atoms. The maximum absolute atomic E-state index is 12.1. The predicted octanol–water partition coefficient (Wildman–Crippen LogP) is 8.79. The largest absolute Gasteiger partial charge is 0.421 e. The van der Waals surface area contributed by atoms with Crippen LogP contribution in [0, 0.1) is 0 Å². The molecule has 4 N–H and O–H groups in total. The third kappa shape index (κ3) is 16.6. The first kappa shape index (κ1) is 56.8. The summed E-state index contributed by atoms with van der Waals surface area (Å²) in [7, 11) is 4.17. The van der Waals surface area contributed by atoms with E-state index in [1.807, 2.05) is 36.4 Å². The Morgan fingerprint density at radius 1 is 0.539 bits per heavy atom. The van der Waals surface area contributed by atoms with E-state index in [4.69, 9.17) is 74.2 Å². The highest BCUT2D eigenvalue weighted by atomic mass is 35.5. The quantitative estimate of drug-likeness (QED) is 0.0356. The SMILES string of the molecule is CN1Cc2c(Cl)cc(Cl)cc2[C@H](c2cccc(-c3nnc(CCOCCOCCNC(=O)NCCCCNC(=O)NCCOCCOCCc4nnc(-c5cccc([C@@H]6CN(C)Cc7c(Cl)cc(Cl)cc76)c5)o4)o3)c2)C1. The second-order valence-corrected chi connectivity index (χ2v) is 20.4. The van der Waals surface area contributed by atoms with E-state index in [-0.39, 0.29) is 23.9 Å². The van der Waals surface area contributed by atoms with Gasteiger partial charge in [-0.1, -0.05) is 70.7 Å². The van der Waals surface area contributed by atoms with Crippen LogP contribution in [0.1, 0.15) is 69.8 Å². The zero-order valence-electron chi connectivity index (χ0n) is 42.7. The zero-order chi connectivity index (χ0) is 53.2. The average Bonchev–Trinajstić information content (AvgIpc) is 4.12. The minimum absolute atomic E-state index is 0.0952. The molecule has 0 bridgehead atoms. The van der Waals surface area contributed by atoms with Gasteiger partial charge in [-0.05, 0) is 109 Å². The van der Waals surface area contributed by atoms with Crippen LogP contribution in [0.2, 0.25) is 20.1 Å². The van der Waals surface area contributed by atoms with E-state index in [1.54, 1.807) is 12.1 Å². The van der Waals surface area contributed by atoms with Gasteiger partial charge in [0.1, 0.15) is 0 Å². The molecule has 4 aromatic carbocycles. The summed E-state index contributed by atoms with van der Waals surface area (Å²) in [6, 6.07) is 23.3. The van der Waals surface area contributed by atoms with Crippen LogP contribution in [0.4, 0.5) is 9.59 Å². The number of ether oxygens (including phenoxy) is 4. The summed E-state index contributed by atoms with van der Waals surface area (Å²) in [5.41, 5.74) is 8.37. The molecule has 8 rings (SSSR count). The molecule has 4 heterocycles. The topological polar surface area (TPSA) is 203 Å². The van der Waals surface area contributed by atoms with E-state index in [0.29, 0.717) is 148 Å². The number of amides is 4. The number of fused-ring (bicyclic) bond motifs is 2. The molecule has 22 heteroatoms. The highest BCUT2D eigenvalue weighted by Gasteiger charge is 2.29. The van der Waals surface area contributed by atoms with E-state index in [1.165, 1.54) is 0 Å². The first-order chi connectivity index (χ1) is 37.0. The molecule has 0 fully saturated rings. The number of hydrogen-bond donors (Lipinski definition) is 4. The Morgan fingerprint density at radius 2 is 0.947 bits per heavy atom. The molecule has 406 valence electrons. The molecule has 0 saturated heterocycles. The molecule has 4 amide bonds.